The van der Waals surface area contributed by atoms with Gasteiger partial charge in [0, 0.05) is 34.8 Å². The Labute approximate surface area is 229 Å². The van der Waals surface area contributed by atoms with Crippen molar-refractivity contribution in [2.45, 2.75) is 12.5 Å². The second kappa shape index (κ2) is 11.5. The highest BCUT2D eigenvalue weighted by Crippen LogP contribution is 2.20. The number of carboxylic acid groups (broad SMARTS) is 1. The summed E-state index contributed by atoms with van der Waals surface area (Å²) in [4.78, 5) is 53.4. The summed E-state index contributed by atoms with van der Waals surface area (Å²) in [6.45, 7) is 0. The van der Waals surface area contributed by atoms with E-state index in [0.29, 0.717) is 16.8 Å². The Hall–Kier alpha value is -5.50. The van der Waals surface area contributed by atoms with Crippen LogP contribution in [-0.2, 0) is 11.2 Å². The second-order valence-electron chi connectivity index (χ2n) is 9.25. The summed E-state index contributed by atoms with van der Waals surface area (Å²) in [5, 5.41) is 15.0. The molecule has 2 amide bonds. The number of aromatic carboxylic acids is 1. The van der Waals surface area contributed by atoms with Crippen LogP contribution in [0.5, 0.6) is 0 Å². The van der Waals surface area contributed by atoms with Crippen LogP contribution < -0.4 is 16.1 Å². The maximum atomic E-state index is 13.4. The topological polar surface area (TPSA) is 128 Å². The molecule has 8 nitrogen and oxygen atoms in total. The van der Waals surface area contributed by atoms with Crippen molar-refractivity contribution in [3.63, 3.8) is 0 Å². The van der Waals surface area contributed by atoms with Crippen molar-refractivity contribution in [1.29, 1.82) is 0 Å². The first-order valence-corrected chi connectivity index (χ1v) is 12.6. The molecule has 1 heterocycles. The standard InChI is InChI=1S/C32H25N3O5/c36-29-25-18-24(15-16-27(25)33-19-26(29)32(39)40)34-31(38)28(17-20-7-3-1-4-8-20)35-30(37)23-13-11-22(12-14-23)21-9-5-2-6-10-21/h1-16,18-19,28H,17H2,(H,33,36)(H,34,38)(H,35,37)(H,39,40)/t28-/m0/s1. The molecule has 0 saturated carbocycles. The number of anilines is 1. The van der Waals surface area contributed by atoms with Gasteiger partial charge in [0.1, 0.15) is 11.6 Å². The van der Waals surface area contributed by atoms with E-state index in [1.807, 2.05) is 72.8 Å². The van der Waals surface area contributed by atoms with Crippen molar-refractivity contribution in [2.75, 3.05) is 5.32 Å². The number of benzene rings is 4. The molecule has 0 unspecified atom stereocenters. The molecule has 0 aliphatic rings. The number of amides is 2. The molecule has 4 aromatic carbocycles. The fourth-order valence-electron chi connectivity index (χ4n) is 4.43. The van der Waals surface area contributed by atoms with Crippen LogP contribution in [0.4, 0.5) is 5.69 Å². The zero-order valence-corrected chi connectivity index (χ0v) is 21.3. The van der Waals surface area contributed by atoms with E-state index in [1.54, 1.807) is 24.3 Å². The van der Waals surface area contributed by atoms with Gasteiger partial charge in [-0.2, -0.15) is 0 Å². The lowest BCUT2D eigenvalue weighted by Gasteiger charge is -2.19. The molecule has 4 N–H and O–H groups in total. The largest absolute Gasteiger partial charge is 0.477 e. The zero-order valence-electron chi connectivity index (χ0n) is 21.3. The molecule has 8 heteroatoms. The molecular formula is C32H25N3O5. The van der Waals surface area contributed by atoms with Crippen molar-refractivity contribution in [2.24, 2.45) is 0 Å². The van der Waals surface area contributed by atoms with Gasteiger partial charge in [0.15, 0.2) is 0 Å². The summed E-state index contributed by atoms with van der Waals surface area (Å²) < 4.78 is 0. The first-order valence-electron chi connectivity index (χ1n) is 12.6. The monoisotopic (exact) mass is 531 g/mol. The van der Waals surface area contributed by atoms with Crippen LogP contribution in [0.25, 0.3) is 22.0 Å². The second-order valence-corrected chi connectivity index (χ2v) is 9.25. The minimum Gasteiger partial charge on any atom is -0.477 e. The number of fused-ring (bicyclic) bond motifs is 1. The Balaban J connectivity index is 1.38. The Morgan fingerprint density at radius 1 is 0.800 bits per heavy atom. The lowest BCUT2D eigenvalue weighted by molar-refractivity contribution is -0.118. The van der Waals surface area contributed by atoms with E-state index in [0.717, 1.165) is 22.9 Å². The summed E-state index contributed by atoms with van der Waals surface area (Å²) in [7, 11) is 0. The zero-order chi connectivity index (χ0) is 28.1. The number of carbonyl (C=O) groups excluding carboxylic acids is 2. The summed E-state index contributed by atoms with van der Waals surface area (Å²) in [5.74, 6) is -2.24. The van der Waals surface area contributed by atoms with Crippen LogP contribution in [0.2, 0.25) is 0 Å². The van der Waals surface area contributed by atoms with Crippen LogP contribution in [0.3, 0.4) is 0 Å². The van der Waals surface area contributed by atoms with Crippen molar-refractivity contribution >= 4 is 34.4 Å². The molecule has 0 spiro atoms. The smallest absolute Gasteiger partial charge is 0.341 e. The summed E-state index contributed by atoms with van der Waals surface area (Å²) >= 11 is 0. The van der Waals surface area contributed by atoms with Crippen LogP contribution in [-0.4, -0.2) is 33.9 Å². The Morgan fingerprint density at radius 3 is 2.12 bits per heavy atom. The number of rotatable bonds is 8. The third-order valence-electron chi connectivity index (χ3n) is 6.54. The Kier molecular flexibility index (Phi) is 7.50. The molecule has 40 heavy (non-hydrogen) atoms. The minimum atomic E-state index is -1.35. The molecule has 198 valence electrons. The molecule has 0 aliphatic heterocycles. The number of aromatic nitrogens is 1. The number of aromatic amines is 1. The fourth-order valence-corrected chi connectivity index (χ4v) is 4.43. The average Bonchev–Trinajstić information content (AvgIpc) is 2.98. The average molecular weight is 532 g/mol. The number of pyridine rings is 1. The van der Waals surface area contributed by atoms with E-state index >= 15 is 0 Å². The van der Waals surface area contributed by atoms with Gasteiger partial charge in [0.25, 0.3) is 5.91 Å². The molecule has 0 aliphatic carbocycles. The van der Waals surface area contributed by atoms with E-state index in [1.165, 1.54) is 6.07 Å². The highest BCUT2D eigenvalue weighted by atomic mass is 16.4. The molecule has 1 atom stereocenters. The Morgan fingerprint density at radius 2 is 1.45 bits per heavy atom. The highest BCUT2D eigenvalue weighted by Gasteiger charge is 2.23. The van der Waals surface area contributed by atoms with Crippen molar-refractivity contribution in [1.82, 2.24) is 10.3 Å². The van der Waals surface area contributed by atoms with E-state index in [4.69, 9.17) is 0 Å². The number of carboxylic acids is 1. The molecule has 0 fully saturated rings. The molecule has 5 rings (SSSR count). The molecule has 0 radical (unpaired) electrons. The van der Waals surface area contributed by atoms with Crippen molar-refractivity contribution < 1.29 is 19.5 Å². The van der Waals surface area contributed by atoms with Crippen molar-refractivity contribution in [3.05, 3.63) is 136 Å². The highest BCUT2D eigenvalue weighted by molar-refractivity contribution is 6.02. The number of hydrogen-bond donors (Lipinski definition) is 4. The first kappa shape index (κ1) is 26.1. The minimum absolute atomic E-state index is 0.125. The summed E-state index contributed by atoms with van der Waals surface area (Å²) in [5.41, 5.74) is 2.92. The molecule has 0 bridgehead atoms. The number of H-pyrrole nitrogens is 1. The van der Waals surface area contributed by atoms with Crippen molar-refractivity contribution in [3.8, 4) is 11.1 Å². The van der Waals surface area contributed by atoms with Gasteiger partial charge in [-0.15, -0.1) is 0 Å². The van der Waals surface area contributed by atoms with Gasteiger partial charge in [-0.3, -0.25) is 14.4 Å². The maximum absolute atomic E-state index is 13.4. The third kappa shape index (κ3) is 5.81. The van der Waals surface area contributed by atoms with Gasteiger partial charge in [-0.05, 0) is 47.0 Å². The normalized spacial score (nSPS) is 11.5. The van der Waals surface area contributed by atoms with Crippen LogP contribution in [0.15, 0.2) is 114 Å². The molecular weight excluding hydrogens is 506 g/mol. The van der Waals surface area contributed by atoms with E-state index in [9.17, 15) is 24.3 Å². The van der Waals surface area contributed by atoms with Gasteiger partial charge < -0.3 is 20.7 Å². The number of hydrogen-bond acceptors (Lipinski definition) is 4. The van der Waals surface area contributed by atoms with E-state index in [-0.39, 0.29) is 11.8 Å². The maximum Gasteiger partial charge on any atom is 0.341 e. The summed E-state index contributed by atoms with van der Waals surface area (Å²) in [6, 6.07) is 29.9. The lowest BCUT2D eigenvalue weighted by atomic mass is 10.0. The van der Waals surface area contributed by atoms with Crippen LogP contribution in [0.1, 0.15) is 26.3 Å². The van der Waals surface area contributed by atoms with Gasteiger partial charge in [-0.25, -0.2) is 4.79 Å². The summed E-state index contributed by atoms with van der Waals surface area (Å²) in [6.07, 6.45) is 1.38. The van der Waals surface area contributed by atoms with Crippen LogP contribution >= 0.6 is 0 Å². The first-order chi connectivity index (χ1) is 19.4. The molecule has 1 aromatic heterocycles. The van der Waals surface area contributed by atoms with Crippen LogP contribution in [0, 0.1) is 0 Å². The third-order valence-corrected chi connectivity index (χ3v) is 6.54. The van der Waals surface area contributed by atoms with Gasteiger partial charge in [-0.1, -0.05) is 72.8 Å². The van der Waals surface area contributed by atoms with E-state index in [2.05, 4.69) is 15.6 Å². The lowest BCUT2D eigenvalue weighted by Crippen LogP contribution is -2.45. The number of carbonyl (C=O) groups is 3. The predicted molar refractivity (Wildman–Crippen MR) is 153 cm³/mol. The quantitative estimate of drug-likeness (QED) is 0.227. The SMILES string of the molecule is O=C(N[C@@H](Cc1ccccc1)C(=O)Nc1ccc2[nH]cc(C(=O)O)c(=O)c2c1)c1ccc(-c2ccccc2)cc1. The van der Waals surface area contributed by atoms with Gasteiger partial charge >= 0.3 is 5.97 Å². The van der Waals surface area contributed by atoms with Gasteiger partial charge in [0.2, 0.25) is 11.3 Å². The number of nitrogens with one attached hydrogen (secondary N) is 3. The predicted octanol–water partition coefficient (Wildman–Crippen LogP) is 4.87. The molecule has 5 aromatic rings. The Bertz CT molecular complexity index is 1750. The molecule has 0 saturated heterocycles. The van der Waals surface area contributed by atoms with Gasteiger partial charge in [0.05, 0.1) is 0 Å². The van der Waals surface area contributed by atoms with E-state index < -0.39 is 34.8 Å². The fraction of sp³-hybridized carbons (Fsp3) is 0.0625.